The fourth-order valence-electron chi connectivity index (χ4n) is 4.91. The Labute approximate surface area is 262 Å². The van der Waals surface area contributed by atoms with Gasteiger partial charge >= 0.3 is 0 Å². The lowest BCUT2D eigenvalue weighted by Gasteiger charge is -2.44. The Morgan fingerprint density at radius 2 is 0.973 bits per heavy atom. The first-order chi connectivity index (χ1) is 16.0. The highest BCUT2D eigenvalue weighted by Crippen LogP contribution is 2.59. The molecule has 3 unspecified atom stereocenters. The Balaban J connectivity index is 4.41. The molecule has 0 spiro atoms. The van der Waals surface area contributed by atoms with Crippen molar-refractivity contribution in [1.82, 2.24) is 0 Å². The van der Waals surface area contributed by atoms with E-state index in [1.165, 1.54) is 6.92 Å². The van der Waals surface area contributed by atoms with E-state index >= 15 is 0 Å². The maximum atomic E-state index is 14.5. The average Bonchev–Trinajstić information content (AvgIpc) is 2.91. The van der Waals surface area contributed by atoms with Crippen molar-refractivity contribution in [3.05, 3.63) is 0 Å². The number of halogens is 5. The van der Waals surface area contributed by atoms with Gasteiger partial charge in [0.2, 0.25) is 0 Å². The fraction of sp³-hybridized carbons (Fsp3) is 0.808. The molecular formula is C26H37Br5O6. The molecule has 1 fully saturated rings. The number of carbonyl (C=O) groups is 5. The first-order valence-corrected chi connectivity index (χ1v) is 15.8. The third kappa shape index (κ3) is 6.96. The van der Waals surface area contributed by atoms with Crippen molar-refractivity contribution >= 4 is 109 Å². The molecule has 3 atom stereocenters. The summed E-state index contributed by atoms with van der Waals surface area (Å²) in [5, 5.41) is 0. The normalized spacial score (nSPS) is 25.1. The Morgan fingerprint density at radius 1 is 0.622 bits per heavy atom. The third-order valence-electron chi connectivity index (χ3n) is 6.61. The summed E-state index contributed by atoms with van der Waals surface area (Å²) in [6, 6.07) is 0. The zero-order chi connectivity index (χ0) is 30.0. The van der Waals surface area contributed by atoms with Crippen LogP contribution in [0.2, 0.25) is 0 Å². The highest BCUT2D eigenvalue weighted by atomic mass is 79.9. The van der Waals surface area contributed by atoms with Crippen molar-refractivity contribution in [3.63, 3.8) is 0 Å². The molecule has 11 heteroatoms. The molecular weight excluding hydrogens is 808 g/mol. The van der Waals surface area contributed by atoms with Crippen LogP contribution in [0.1, 0.15) is 82.6 Å². The Kier molecular flexibility index (Phi) is 10.5. The van der Waals surface area contributed by atoms with Crippen molar-refractivity contribution in [2.75, 3.05) is 0 Å². The van der Waals surface area contributed by atoms with Gasteiger partial charge in [-0.2, -0.15) is 0 Å². The van der Waals surface area contributed by atoms with Crippen LogP contribution in [0.15, 0.2) is 0 Å². The summed E-state index contributed by atoms with van der Waals surface area (Å²) < 4.78 is 0.421. The van der Waals surface area contributed by atoms with Crippen molar-refractivity contribution in [2.45, 2.75) is 116 Å². The first kappa shape index (κ1) is 35.7. The Bertz CT molecular complexity index is 959. The number of ketones is 5. The molecule has 0 aliphatic carbocycles. The monoisotopic (exact) mass is 840 g/mol. The van der Waals surface area contributed by atoms with E-state index in [1.54, 1.807) is 69.2 Å². The highest BCUT2D eigenvalue weighted by Gasteiger charge is 2.76. The number of ether oxygens (including phenoxy) is 1. The molecule has 6 nitrogen and oxygen atoms in total. The van der Waals surface area contributed by atoms with E-state index in [0.29, 0.717) is 0 Å². The maximum Gasteiger partial charge on any atom is 0.181 e. The number of hydrogen-bond donors (Lipinski definition) is 0. The lowest BCUT2D eigenvalue weighted by Crippen LogP contribution is -2.65. The third-order valence-corrected chi connectivity index (χ3v) is 8.52. The number of rotatable bonds is 11. The van der Waals surface area contributed by atoms with Crippen LogP contribution in [0.3, 0.4) is 0 Å². The second-order valence-corrected chi connectivity index (χ2v) is 22.3. The minimum atomic E-state index is -2.18. The SMILES string of the molecule is CC(C)(Br)C(=O)CC1OC(C)(C(=O)C(C)(C)Br)C(C(=O)C(C)(C)Br)C1(C(=O)C(C)(C)Br)C(=O)C(C)(C)Br. The predicted octanol–water partition coefficient (Wildman–Crippen LogP) is 6.85. The molecule has 1 aliphatic rings. The van der Waals surface area contributed by atoms with Gasteiger partial charge in [-0.15, -0.1) is 0 Å². The van der Waals surface area contributed by atoms with E-state index < -0.39 is 67.8 Å². The van der Waals surface area contributed by atoms with E-state index in [9.17, 15) is 24.0 Å². The van der Waals surface area contributed by atoms with Gasteiger partial charge < -0.3 is 4.74 Å². The van der Waals surface area contributed by atoms with E-state index in [4.69, 9.17) is 4.74 Å². The van der Waals surface area contributed by atoms with Gasteiger partial charge in [-0.25, -0.2) is 0 Å². The van der Waals surface area contributed by atoms with Gasteiger partial charge in [0.05, 0.1) is 33.6 Å². The van der Waals surface area contributed by atoms with Crippen LogP contribution in [0.25, 0.3) is 0 Å². The summed E-state index contributed by atoms with van der Waals surface area (Å²) >= 11 is 17.0. The topological polar surface area (TPSA) is 94.6 Å². The van der Waals surface area contributed by atoms with Crippen LogP contribution >= 0.6 is 79.6 Å². The standard InChI is InChI=1S/C26H37Br5O6/c1-20(2,27)13(32)12-14-26(18(35)23(7,8)30,19(36)24(9,10)31)15(16(33)21(3,4)28)25(11,37-14)17(34)22(5,6)29/h14-15H,12H2,1-11H3. The molecule has 212 valence electrons. The largest absolute Gasteiger partial charge is 0.361 e. The van der Waals surface area contributed by atoms with E-state index in [1.807, 2.05) is 0 Å². The van der Waals surface area contributed by atoms with Gasteiger partial charge in [-0.05, 0) is 76.2 Å². The second kappa shape index (κ2) is 10.8. The highest BCUT2D eigenvalue weighted by molar-refractivity contribution is 9.11. The molecule has 0 bridgehead atoms. The molecule has 1 saturated heterocycles. The minimum Gasteiger partial charge on any atom is -0.361 e. The van der Waals surface area contributed by atoms with Crippen molar-refractivity contribution in [1.29, 1.82) is 0 Å². The number of carbonyl (C=O) groups excluding carboxylic acids is 5. The van der Waals surface area contributed by atoms with Gasteiger partial charge in [-0.3, -0.25) is 24.0 Å². The zero-order valence-corrected chi connectivity index (χ0v) is 31.1. The molecule has 1 rings (SSSR count). The van der Waals surface area contributed by atoms with Crippen LogP contribution in [-0.2, 0) is 28.7 Å². The average molecular weight is 845 g/mol. The van der Waals surface area contributed by atoms with Gasteiger partial charge in [-0.1, -0.05) is 79.6 Å². The molecule has 1 heterocycles. The van der Waals surface area contributed by atoms with Crippen molar-refractivity contribution < 1.29 is 28.7 Å². The summed E-state index contributed by atoms with van der Waals surface area (Å²) in [5.74, 6) is -4.23. The smallest absolute Gasteiger partial charge is 0.181 e. The van der Waals surface area contributed by atoms with Crippen LogP contribution in [0.5, 0.6) is 0 Å². The zero-order valence-electron chi connectivity index (χ0n) is 23.2. The second-order valence-electron chi connectivity index (χ2n) is 12.4. The Morgan fingerprint density at radius 3 is 1.24 bits per heavy atom. The summed E-state index contributed by atoms with van der Waals surface area (Å²) in [4.78, 5) is 70.7. The van der Waals surface area contributed by atoms with E-state index in [-0.39, 0.29) is 12.2 Å². The summed E-state index contributed by atoms with van der Waals surface area (Å²) in [6.45, 7) is 17.5. The summed E-state index contributed by atoms with van der Waals surface area (Å²) in [7, 11) is 0. The Hall–Kier alpha value is 0.710. The van der Waals surface area contributed by atoms with E-state index in [0.717, 1.165) is 0 Å². The lowest BCUT2D eigenvalue weighted by molar-refractivity contribution is -0.153. The van der Waals surface area contributed by atoms with Crippen LogP contribution in [0, 0.1) is 11.3 Å². The van der Waals surface area contributed by atoms with Crippen LogP contribution in [-0.4, -0.2) is 62.2 Å². The van der Waals surface area contributed by atoms with E-state index in [2.05, 4.69) is 79.6 Å². The predicted molar refractivity (Wildman–Crippen MR) is 164 cm³/mol. The molecule has 0 aromatic rings. The van der Waals surface area contributed by atoms with Crippen molar-refractivity contribution in [3.8, 4) is 0 Å². The van der Waals surface area contributed by atoms with Crippen molar-refractivity contribution in [2.24, 2.45) is 11.3 Å². The molecule has 0 aromatic carbocycles. The van der Waals surface area contributed by atoms with Crippen LogP contribution in [0.4, 0.5) is 0 Å². The van der Waals surface area contributed by atoms with Gasteiger partial charge in [0.25, 0.3) is 0 Å². The quantitative estimate of drug-likeness (QED) is 0.167. The molecule has 0 amide bonds. The van der Waals surface area contributed by atoms with Gasteiger partial charge in [0.15, 0.2) is 28.9 Å². The molecule has 0 N–H and O–H groups in total. The minimum absolute atomic E-state index is 0.346. The summed E-state index contributed by atoms with van der Waals surface area (Å²) in [6.07, 6.45) is -1.77. The number of Topliss-reactive ketones (excluding diaryl/α,β-unsaturated/α-hetero) is 5. The first-order valence-electron chi connectivity index (χ1n) is 11.8. The molecule has 0 saturated carbocycles. The maximum absolute atomic E-state index is 14.5. The molecule has 1 aliphatic heterocycles. The number of alkyl halides is 5. The van der Waals surface area contributed by atoms with Crippen LogP contribution < -0.4 is 0 Å². The van der Waals surface area contributed by atoms with Gasteiger partial charge in [0, 0.05) is 6.42 Å². The summed E-state index contributed by atoms with van der Waals surface area (Å²) in [5.41, 5.74) is -4.10. The number of hydrogen-bond acceptors (Lipinski definition) is 6. The molecule has 0 aromatic heterocycles. The van der Waals surface area contributed by atoms with Gasteiger partial charge in [0.1, 0.15) is 11.0 Å². The fourth-order valence-corrected chi connectivity index (χ4v) is 6.35. The lowest BCUT2D eigenvalue weighted by atomic mass is 9.55. The molecule has 37 heavy (non-hydrogen) atoms. The molecule has 0 radical (unpaired) electrons.